The Morgan fingerprint density at radius 1 is 1.16 bits per heavy atom. The maximum absolute atomic E-state index is 11.8. The molecule has 2 aromatic heterocycles. The van der Waals surface area contributed by atoms with Gasteiger partial charge in [-0.25, -0.2) is 0 Å². The van der Waals surface area contributed by atoms with Gasteiger partial charge in [0, 0.05) is 23.2 Å². The smallest absolute Gasteiger partial charge is 0.467 e. The molecule has 10 nitrogen and oxygen atoms in total. The summed E-state index contributed by atoms with van der Waals surface area (Å²) in [4.78, 5) is 25.0. The van der Waals surface area contributed by atoms with Gasteiger partial charge in [0.25, 0.3) is 0 Å². The Morgan fingerprint density at radius 3 is 2.66 bits per heavy atom. The number of fused-ring (bicyclic) bond motifs is 1. The second kappa shape index (κ2) is 8.65. The molecule has 11 heteroatoms. The first-order chi connectivity index (χ1) is 15.4. The highest BCUT2D eigenvalue weighted by molar-refractivity contribution is 6.58. The minimum Gasteiger partial charge on any atom is -0.467 e. The zero-order valence-electron chi connectivity index (χ0n) is 17.5. The molecule has 0 bridgehead atoms. The number of methoxy groups -OCH3 is 1. The fourth-order valence-electron chi connectivity index (χ4n) is 3.50. The number of benzene rings is 2. The molecule has 1 amide bonds. The second-order valence-corrected chi connectivity index (χ2v) is 7.14. The predicted octanol–water partition coefficient (Wildman–Crippen LogP) is 0.523. The lowest BCUT2D eigenvalue weighted by Gasteiger charge is -2.11. The molecule has 0 fully saturated rings. The normalized spacial score (nSPS) is 10.9. The molecule has 2 aromatic carbocycles. The highest BCUT2D eigenvalue weighted by Gasteiger charge is 2.17. The van der Waals surface area contributed by atoms with E-state index < -0.39 is 13.0 Å². The van der Waals surface area contributed by atoms with Crippen molar-refractivity contribution >= 4 is 35.3 Å². The quantitative estimate of drug-likeness (QED) is 0.309. The van der Waals surface area contributed by atoms with Crippen LogP contribution in [-0.2, 0) is 6.54 Å². The van der Waals surface area contributed by atoms with Crippen LogP contribution in [0.4, 0.5) is 5.95 Å². The van der Waals surface area contributed by atoms with Crippen molar-refractivity contribution in [3.63, 3.8) is 0 Å². The Kier molecular flexibility index (Phi) is 5.76. The number of rotatable bonds is 7. The van der Waals surface area contributed by atoms with Gasteiger partial charge in [0.2, 0.25) is 17.8 Å². The van der Waals surface area contributed by atoms with E-state index >= 15 is 0 Å². The number of carbonyl (C=O) groups excluding carboxylic acids is 1. The van der Waals surface area contributed by atoms with E-state index in [2.05, 4.69) is 20.3 Å². The Balaban J connectivity index is 1.72. The molecule has 5 N–H and O–H groups in total. The summed E-state index contributed by atoms with van der Waals surface area (Å²) in [6.45, 7) is 2.21. The number of carbonyl (C=O) groups is 1. The largest absolute Gasteiger partial charge is 0.488 e. The molecule has 32 heavy (non-hydrogen) atoms. The average Bonchev–Trinajstić information content (AvgIpc) is 3.13. The van der Waals surface area contributed by atoms with Crippen molar-refractivity contribution in [2.24, 2.45) is 5.73 Å². The lowest BCUT2D eigenvalue weighted by molar-refractivity contribution is 0.100. The zero-order valence-corrected chi connectivity index (χ0v) is 17.5. The Hall–Kier alpha value is -3.96. The monoisotopic (exact) mass is 432 g/mol. The van der Waals surface area contributed by atoms with Gasteiger partial charge >= 0.3 is 13.1 Å². The number of primary amides is 1. The number of nitrogens with zero attached hydrogens (tertiary/aromatic N) is 4. The highest BCUT2D eigenvalue weighted by Crippen LogP contribution is 2.26. The van der Waals surface area contributed by atoms with Crippen molar-refractivity contribution in [1.82, 2.24) is 19.5 Å². The maximum Gasteiger partial charge on any atom is 0.488 e. The van der Waals surface area contributed by atoms with E-state index in [1.807, 2.05) is 25.1 Å². The van der Waals surface area contributed by atoms with Gasteiger partial charge < -0.3 is 25.8 Å². The average molecular weight is 432 g/mol. The van der Waals surface area contributed by atoms with Crippen LogP contribution in [0.1, 0.15) is 21.6 Å². The van der Waals surface area contributed by atoms with E-state index in [4.69, 9.17) is 10.5 Å². The van der Waals surface area contributed by atoms with Crippen molar-refractivity contribution in [3.05, 3.63) is 65.4 Å². The van der Waals surface area contributed by atoms with Crippen LogP contribution in [0.5, 0.6) is 6.01 Å². The van der Waals surface area contributed by atoms with Crippen LogP contribution >= 0.6 is 0 Å². The van der Waals surface area contributed by atoms with Crippen LogP contribution < -0.4 is 21.3 Å². The number of anilines is 1. The number of nitrogens with one attached hydrogen (secondary N) is 1. The van der Waals surface area contributed by atoms with Gasteiger partial charge in [-0.05, 0) is 36.1 Å². The summed E-state index contributed by atoms with van der Waals surface area (Å²) < 4.78 is 7.05. The Labute approximate surface area is 183 Å². The van der Waals surface area contributed by atoms with E-state index in [0.29, 0.717) is 28.9 Å². The fourth-order valence-corrected chi connectivity index (χ4v) is 3.50. The van der Waals surface area contributed by atoms with Gasteiger partial charge in [0.05, 0.1) is 12.6 Å². The number of nitrogens with two attached hydrogens (primary N) is 1. The van der Waals surface area contributed by atoms with Crippen LogP contribution in [0.3, 0.4) is 0 Å². The molecule has 4 rings (SSSR count). The van der Waals surface area contributed by atoms with Crippen molar-refractivity contribution in [1.29, 1.82) is 0 Å². The molecule has 4 aromatic rings. The third-order valence-corrected chi connectivity index (χ3v) is 4.98. The van der Waals surface area contributed by atoms with Crippen LogP contribution in [0.25, 0.3) is 16.9 Å². The molecular weight excluding hydrogens is 411 g/mol. The Bertz CT molecular complexity index is 1310. The number of hydrogen-bond donors (Lipinski definition) is 4. The fraction of sp³-hybridized carbons (Fsp3) is 0.143. The van der Waals surface area contributed by atoms with Gasteiger partial charge in [-0.1, -0.05) is 30.3 Å². The van der Waals surface area contributed by atoms with Gasteiger partial charge in [-0.2, -0.15) is 15.0 Å². The van der Waals surface area contributed by atoms with E-state index in [-0.39, 0.29) is 12.0 Å². The third-order valence-electron chi connectivity index (χ3n) is 4.98. The van der Waals surface area contributed by atoms with Gasteiger partial charge in [-0.3, -0.25) is 9.36 Å². The first-order valence-electron chi connectivity index (χ1n) is 9.77. The van der Waals surface area contributed by atoms with Crippen LogP contribution in [0, 0.1) is 6.92 Å². The summed E-state index contributed by atoms with van der Waals surface area (Å²) in [5.74, 6) is 0.0701. The minimum atomic E-state index is -1.55. The van der Waals surface area contributed by atoms with E-state index in [0.717, 1.165) is 16.8 Å². The molecule has 0 aliphatic carbocycles. The molecule has 162 valence electrons. The van der Waals surface area contributed by atoms with Crippen LogP contribution in [-0.4, -0.2) is 49.7 Å². The van der Waals surface area contributed by atoms with Crippen molar-refractivity contribution < 1.29 is 19.6 Å². The molecule has 0 unspecified atom stereocenters. The number of aromatic nitrogens is 4. The molecule has 0 radical (unpaired) electrons. The lowest BCUT2D eigenvalue weighted by Crippen LogP contribution is -2.30. The molecular formula is C21H21BN6O4. The SMILES string of the molecule is COc1nc(NCc2cccc(B(O)O)c2)nc(-n2c(C)cc3c(C(N)=O)cccc32)n1. The molecule has 0 spiro atoms. The van der Waals surface area contributed by atoms with Gasteiger partial charge in [0.1, 0.15) is 0 Å². The minimum absolute atomic E-state index is 0.115. The second-order valence-electron chi connectivity index (χ2n) is 7.14. The number of ether oxygens (including phenoxy) is 1. The van der Waals surface area contributed by atoms with Gasteiger partial charge in [-0.15, -0.1) is 0 Å². The summed E-state index contributed by atoms with van der Waals surface area (Å²) in [5, 5.41) is 22.5. The first-order valence-corrected chi connectivity index (χ1v) is 9.77. The molecule has 0 saturated carbocycles. The zero-order chi connectivity index (χ0) is 22.8. The standard InChI is InChI=1S/C21H21BN6O4/c1-12-9-16-15(18(23)29)7-4-8-17(16)28(12)20-25-19(26-21(27-20)32-2)24-11-13-5-3-6-14(10-13)22(30)31/h3-10,30-31H,11H2,1-2H3,(H2,23,29)(H,24,25,26,27). The molecule has 0 atom stereocenters. The number of aryl methyl sites for hydroxylation is 1. The van der Waals surface area contributed by atoms with Crippen LogP contribution in [0.2, 0.25) is 0 Å². The van der Waals surface area contributed by atoms with Crippen LogP contribution in [0.15, 0.2) is 48.5 Å². The van der Waals surface area contributed by atoms with E-state index in [1.54, 1.807) is 34.9 Å². The Morgan fingerprint density at radius 2 is 1.94 bits per heavy atom. The van der Waals surface area contributed by atoms with E-state index in [1.165, 1.54) is 7.11 Å². The van der Waals surface area contributed by atoms with Crippen molar-refractivity contribution in [2.45, 2.75) is 13.5 Å². The molecule has 0 aliphatic rings. The highest BCUT2D eigenvalue weighted by atomic mass is 16.5. The lowest BCUT2D eigenvalue weighted by atomic mass is 9.80. The summed E-state index contributed by atoms with van der Waals surface area (Å²) in [7, 11) is -0.0880. The van der Waals surface area contributed by atoms with Gasteiger partial charge in [0.15, 0.2) is 0 Å². The molecule has 0 aliphatic heterocycles. The summed E-state index contributed by atoms with van der Waals surface area (Å²) in [6, 6.07) is 14.1. The summed E-state index contributed by atoms with van der Waals surface area (Å²) >= 11 is 0. The van der Waals surface area contributed by atoms with Crippen molar-refractivity contribution in [3.8, 4) is 12.0 Å². The topological polar surface area (TPSA) is 148 Å². The first kappa shape index (κ1) is 21.3. The number of hydrogen-bond acceptors (Lipinski definition) is 8. The number of amides is 1. The molecule has 2 heterocycles. The predicted molar refractivity (Wildman–Crippen MR) is 120 cm³/mol. The summed E-state index contributed by atoms with van der Waals surface area (Å²) in [6.07, 6.45) is 0. The maximum atomic E-state index is 11.8. The van der Waals surface area contributed by atoms with E-state index in [9.17, 15) is 14.8 Å². The third kappa shape index (κ3) is 4.11. The van der Waals surface area contributed by atoms with Crippen molar-refractivity contribution in [2.75, 3.05) is 12.4 Å². The summed E-state index contributed by atoms with van der Waals surface area (Å²) in [5.41, 5.74) is 8.66. The molecule has 0 saturated heterocycles.